The third-order valence-corrected chi connectivity index (χ3v) is 3.03. The van der Waals surface area contributed by atoms with Crippen LogP contribution in [-0.2, 0) is 4.74 Å². The number of rotatable bonds is 5. The molecule has 0 saturated heterocycles. The largest absolute Gasteiger partial charge is 0.478 e. The van der Waals surface area contributed by atoms with E-state index < -0.39 is 18.0 Å². The van der Waals surface area contributed by atoms with Crippen LogP contribution in [0.15, 0.2) is 60.7 Å². The van der Waals surface area contributed by atoms with Crippen molar-refractivity contribution in [1.82, 2.24) is 0 Å². The van der Waals surface area contributed by atoms with Crippen LogP contribution in [0.25, 0.3) is 6.08 Å². The van der Waals surface area contributed by atoms with Gasteiger partial charge in [-0.15, -0.1) is 0 Å². The number of carbonyl (C=O) groups excluding carboxylic acids is 1. The van der Waals surface area contributed by atoms with Gasteiger partial charge in [-0.1, -0.05) is 48.5 Å². The van der Waals surface area contributed by atoms with Crippen molar-refractivity contribution in [2.24, 2.45) is 0 Å². The molecular formula is C18H16O4. The van der Waals surface area contributed by atoms with Gasteiger partial charge in [-0.2, -0.15) is 0 Å². The molecule has 0 fully saturated rings. The molecule has 0 saturated carbocycles. The highest BCUT2D eigenvalue weighted by Gasteiger charge is 2.18. The number of hydrogen-bond donors (Lipinski definition) is 1. The zero-order chi connectivity index (χ0) is 15.9. The smallest absolute Gasteiger partial charge is 0.339 e. The Morgan fingerprint density at radius 1 is 1.00 bits per heavy atom. The summed E-state index contributed by atoms with van der Waals surface area (Å²) in [5.41, 5.74) is 0.984. The number of hydrogen-bond acceptors (Lipinski definition) is 3. The molecule has 0 heterocycles. The van der Waals surface area contributed by atoms with Gasteiger partial charge in [0.05, 0.1) is 11.1 Å². The number of carboxylic acids is 1. The first kappa shape index (κ1) is 15.5. The van der Waals surface area contributed by atoms with Crippen LogP contribution in [0.1, 0.15) is 33.2 Å². The van der Waals surface area contributed by atoms with Crippen molar-refractivity contribution in [2.75, 3.05) is 0 Å². The lowest BCUT2D eigenvalue weighted by atomic mass is 10.1. The lowest BCUT2D eigenvalue weighted by molar-refractivity contribution is 0.0418. The summed E-state index contributed by atoms with van der Waals surface area (Å²) < 4.78 is 5.26. The summed E-state index contributed by atoms with van der Waals surface area (Å²) in [5, 5.41) is 9.08. The van der Waals surface area contributed by atoms with Crippen LogP contribution < -0.4 is 0 Å². The molecule has 1 N–H and O–H groups in total. The number of aromatic carboxylic acids is 1. The maximum Gasteiger partial charge on any atom is 0.339 e. The molecule has 4 nitrogen and oxygen atoms in total. The van der Waals surface area contributed by atoms with Crippen molar-refractivity contribution in [3.8, 4) is 0 Å². The number of esters is 1. The fourth-order valence-electron chi connectivity index (χ4n) is 1.93. The normalized spacial score (nSPS) is 12.0. The fourth-order valence-corrected chi connectivity index (χ4v) is 1.93. The molecule has 1 atom stereocenters. The maximum atomic E-state index is 12.1. The molecule has 4 heteroatoms. The average Bonchev–Trinajstić information content (AvgIpc) is 2.54. The summed E-state index contributed by atoms with van der Waals surface area (Å²) in [4.78, 5) is 23.2. The van der Waals surface area contributed by atoms with Crippen molar-refractivity contribution < 1.29 is 19.4 Å². The molecule has 22 heavy (non-hydrogen) atoms. The topological polar surface area (TPSA) is 63.6 Å². The van der Waals surface area contributed by atoms with E-state index in [0.717, 1.165) is 5.56 Å². The van der Waals surface area contributed by atoms with Crippen molar-refractivity contribution in [2.45, 2.75) is 13.0 Å². The molecule has 0 bridgehead atoms. The number of benzene rings is 2. The molecule has 2 aromatic carbocycles. The van der Waals surface area contributed by atoms with Crippen LogP contribution in [0, 0.1) is 0 Å². The molecule has 2 rings (SSSR count). The Labute approximate surface area is 128 Å². The Hall–Kier alpha value is -2.88. The molecule has 2 aromatic rings. The van der Waals surface area contributed by atoms with Crippen molar-refractivity contribution in [3.05, 3.63) is 77.4 Å². The summed E-state index contributed by atoms with van der Waals surface area (Å²) in [5.74, 6) is -1.80. The zero-order valence-electron chi connectivity index (χ0n) is 12.1. The number of ether oxygens (including phenoxy) is 1. The first-order valence-corrected chi connectivity index (χ1v) is 6.84. The van der Waals surface area contributed by atoms with Crippen LogP contribution >= 0.6 is 0 Å². The van der Waals surface area contributed by atoms with E-state index in [0.29, 0.717) is 0 Å². The minimum absolute atomic E-state index is 0.0509. The van der Waals surface area contributed by atoms with E-state index in [-0.39, 0.29) is 11.1 Å². The molecule has 0 aromatic heterocycles. The van der Waals surface area contributed by atoms with Crippen molar-refractivity contribution in [3.63, 3.8) is 0 Å². The van der Waals surface area contributed by atoms with E-state index in [2.05, 4.69) is 0 Å². The van der Waals surface area contributed by atoms with E-state index in [1.165, 1.54) is 12.1 Å². The SMILES string of the molecule is CC(/C=C/c1ccccc1)OC(=O)c1ccccc1C(=O)O. The highest BCUT2D eigenvalue weighted by atomic mass is 16.5. The van der Waals surface area contributed by atoms with Crippen LogP contribution in [0.5, 0.6) is 0 Å². The Bertz CT molecular complexity index is 689. The van der Waals surface area contributed by atoms with Gasteiger partial charge >= 0.3 is 11.9 Å². The lowest BCUT2D eigenvalue weighted by Gasteiger charge is -2.10. The van der Waals surface area contributed by atoms with Crippen molar-refractivity contribution >= 4 is 18.0 Å². The van der Waals surface area contributed by atoms with Crippen LogP contribution in [-0.4, -0.2) is 23.1 Å². The van der Waals surface area contributed by atoms with Crippen LogP contribution in [0.3, 0.4) is 0 Å². The highest BCUT2D eigenvalue weighted by Crippen LogP contribution is 2.12. The lowest BCUT2D eigenvalue weighted by Crippen LogP contribution is -2.16. The molecule has 0 spiro atoms. The molecule has 0 aliphatic heterocycles. The molecular weight excluding hydrogens is 280 g/mol. The molecule has 0 radical (unpaired) electrons. The zero-order valence-corrected chi connectivity index (χ0v) is 12.1. The van der Waals surface area contributed by atoms with E-state index in [4.69, 9.17) is 9.84 Å². The first-order valence-electron chi connectivity index (χ1n) is 6.84. The summed E-state index contributed by atoms with van der Waals surface area (Å²) in [7, 11) is 0. The van der Waals surface area contributed by atoms with Crippen LogP contribution in [0.2, 0.25) is 0 Å². The molecule has 0 amide bonds. The van der Waals surface area contributed by atoms with Gasteiger partial charge in [0.25, 0.3) is 0 Å². The minimum atomic E-state index is -1.15. The second kappa shape index (κ2) is 7.22. The van der Waals surface area contributed by atoms with E-state index in [1.807, 2.05) is 36.4 Å². The van der Waals surface area contributed by atoms with Gasteiger partial charge in [-0.25, -0.2) is 9.59 Å². The summed E-state index contributed by atoms with van der Waals surface area (Å²) >= 11 is 0. The summed E-state index contributed by atoms with van der Waals surface area (Å²) in [6, 6.07) is 15.6. The van der Waals surface area contributed by atoms with Crippen molar-refractivity contribution in [1.29, 1.82) is 0 Å². The van der Waals surface area contributed by atoms with Gasteiger partial charge in [0.2, 0.25) is 0 Å². The fraction of sp³-hybridized carbons (Fsp3) is 0.111. The molecule has 1 unspecified atom stereocenters. The third kappa shape index (κ3) is 4.06. The Morgan fingerprint density at radius 3 is 2.23 bits per heavy atom. The van der Waals surface area contributed by atoms with Gasteiger partial charge in [-0.3, -0.25) is 0 Å². The number of carbonyl (C=O) groups is 2. The van der Waals surface area contributed by atoms with E-state index in [1.54, 1.807) is 25.1 Å². The third-order valence-electron chi connectivity index (χ3n) is 3.03. The highest BCUT2D eigenvalue weighted by molar-refractivity contribution is 6.02. The molecule has 0 aliphatic carbocycles. The maximum absolute atomic E-state index is 12.1. The average molecular weight is 296 g/mol. The van der Waals surface area contributed by atoms with E-state index >= 15 is 0 Å². The summed E-state index contributed by atoms with van der Waals surface area (Å²) in [6.07, 6.45) is 3.13. The van der Waals surface area contributed by atoms with Gasteiger partial charge in [0.1, 0.15) is 6.10 Å². The second-order valence-corrected chi connectivity index (χ2v) is 4.73. The Kier molecular flexibility index (Phi) is 5.09. The van der Waals surface area contributed by atoms with Crippen LogP contribution in [0.4, 0.5) is 0 Å². The second-order valence-electron chi connectivity index (χ2n) is 4.73. The Balaban J connectivity index is 2.06. The first-order chi connectivity index (χ1) is 10.6. The monoisotopic (exact) mass is 296 g/mol. The van der Waals surface area contributed by atoms with Gasteiger partial charge < -0.3 is 9.84 Å². The van der Waals surface area contributed by atoms with Gasteiger partial charge in [0, 0.05) is 0 Å². The van der Waals surface area contributed by atoms with Gasteiger partial charge in [0.15, 0.2) is 0 Å². The summed E-state index contributed by atoms with van der Waals surface area (Å²) in [6.45, 7) is 1.72. The minimum Gasteiger partial charge on any atom is -0.478 e. The quantitative estimate of drug-likeness (QED) is 0.855. The van der Waals surface area contributed by atoms with Gasteiger partial charge in [-0.05, 0) is 30.7 Å². The van der Waals surface area contributed by atoms with E-state index in [9.17, 15) is 9.59 Å². The Morgan fingerprint density at radius 2 is 1.59 bits per heavy atom. The standard InChI is InChI=1S/C18H16O4/c1-13(11-12-14-7-3-2-4-8-14)22-18(21)16-10-6-5-9-15(16)17(19)20/h2-13H,1H3,(H,19,20)/b12-11+. The predicted octanol–water partition coefficient (Wildman–Crippen LogP) is 3.64. The molecule has 0 aliphatic rings. The predicted molar refractivity (Wildman–Crippen MR) is 83.8 cm³/mol. The molecule has 112 valence electrons. The number of carboxylic acid groups (broad SMARTS) is 1.